The molecule has 3 rings (SSSR count). The Morgan fingerprint density at radius 2 is 2.14 bits per heavy atom. The van der Waals surface area contributed by atoms with Gasteiger partial charge in [-0.25, -0.2) is 4.98 Å². The second-order valence-corrected chi connectivity index (χ2v) is 5.65. The van der Waals surface area contributed by atoms with Gasteiger partial charge >= 0.3 is 0 Å². The Bertz CT molecular complexity index is 714. The maximum Gasteiger partial charge on any atom is 0.224 e. The smallest absolute Gasteiger partial charge is 0.224 e. The van der Waals surface area contributed by atoms with Crippen LogP contribution in [-0.4, -0.2) is 15.9 Å². The van der Waals surface area contributed by atoms with Crippen LogP contribution in [0.25, 0.3) is 0 Å². The van der Waals surface area contributed by atoms with E-state index in [2.05, 4.69) is 26.7 Å². The van der Waals surface area contributed by atoms with Crippen LogP contribution < -0.4 is 16.4 Å². The first-order chi connectivity index (χ1) is 10.5. The Kier molecular flexibility index (Phi) is 3.85. The summed E-state index contributed by atoms with van der Waals surface area (Å²) < 4.78 is 0. The predicted octanol–water partition coefficient (Wildman–Crippen LogP) is 2.77. The average Bonchev–Trinajstić information content (AvgIpc) is 2.45. The standard InChI is InChI=1S/C15H16ClN5O/c1-8(18-13-7-12(16)20-15(17)21-13)9-2-4-11-10(6-9)3-5-14(22)19-11/h2,4,6-8H,3,5H2,1H3,(H,19,22)(H3,17,18,20,21). The Hall–Kier alpha value is -2.34. The Labute approximate surface area is 133 Å². The van der Waals surface area contributed by atoms with Gasteiger partial charge in [0.2, 0.25) is 11.9 Å². The lowest BCUT2D eigenvalue weighted by Gasteiger charge is -2.20. The molecule has 7 heteroatoms. The van der Waals surface area contributed by atoms with Crippen molar-refractivity contribution >= 4 is 35.0 Å². The number of aryl methyl sites for hydroxylation is 1. The van der Waals surface area contributed by atoms with Gasteiger partial charge in [0.25, 0.3) is 0 Å². The third-order valence-electron chi connectivity index (χ3n) is 3.60. The van der Waals surface area contributed by atoms with Gasteiger partial charge < -0.3 is 16.4 Å². The molecule has 1 unspecified atom stereocenters. The summed E-state index contributed by atoms with van der Waals surface area (Å²) in [4.78, 5) is 19.3. The lowest BCUT2D eigenvalue weighted by molar-refractivity contribution is -0.116. The zero-order chi connectivity index (χ0) is 15.7. The summed E-state index contributed by atoms with van der Waals surface area (Å²) in [5.74, 6) is 0.781. The number of rotatable bonds is 3. The van der Waals surface area contributed by atoms with Crippen molar-refractivity contribution in [3.8, 4) is 0 Å². The van der Waals surface area contributed by atoms with Crippen molar-refractivity contribution in [3.05, 3.63) is 40.5 Å². The van der Waals surface area contributed by atoms with E-state index >= 15 is 0 Å². The van der Waals surface area contributed by atoms with E-state index in [4.69, 9.17) is 17.3 Å². The maximum absolute atomic E-state index is 11.4. The minimum Gasteiger partial charge on any atom is -0.368 e. The third-order valence-corrected chi connectivity index (χ3v) is 3.79. The second-order valence-electron chi connectivity index (χ2n) is 5.26. The summed E-state index contributed by atoms with van der Waals surface area (Å²) in [6, 6.07) is 7.66. The van der Waals surface area contributed by atoms with Crippen molar-refractivity contribution in [1.29, 1.82) is 0 Å². The summed E-state index contributed by atoms with van der Waals surface area (Å²) >= 11 is 5.88. The van der Waals surface area contributed by atoms with Crippen molar-refractivity contribution in [2.45, 2.75) is 25.8 Å². The zero-order valence-corrected chi connectivity index (χ0v) is 12.8. The van der Waals surface area contributed by atoms with E-state index in [1.807, 2.05) is 19.1 Å². The molecule has 1 atom stereocenters. The molecular formula is C15H16ClN5O. The van der Waals surface area contributed by atoms with Crippen molar-refractivity contribution in [2.75, 3.05) is 16.4 Å². The molecular weight excluding hydrogens is 302 g/mol. The molecule has 0 bridgehead atoms. The number of nitrogens with two attached hydrogens (primary N) is 1. The molecule has 0 saturated carbocycles. The number of hydrogen-bond donors (Lipinski definition) is 3. The molecule has 0 spiro atoms. The van der Waals surface area contributed by atoms with Crippen LogP contribution in [0.1, 0.15) is 30.5 Å². The predicted molar refractivity (Wildman–Crippen MR) is 86.9 cm³/mol. The molecule has 0 aliphatic carbocycles. The molecule has 2 aromatic rings. The van der Waals surface area contributed by atoms with Crippen LogP contribution in [0.3, 0.4) is 0 Å². The van der Waals surface area contributed by atoms with Crippen molar-refractivity contribution in [2.24, 2.45) is 0 Å². The third kappa shape index (κ3) is 3.12. The molecule has 1 aliphatic rings. The summed E-state index contributed by atoms with van der Waals surface area (Å²) in [6.07, 6.45) is 1.28. The quantitative estimate of drug-likeness (QED) is 0.757. The molecule has 1 aliphatic heterocycles. The van der Waals surface area contributed by atoms with Crippen LogP contribution >= 0.6 is 11.6 Å². The summed E-state index contributed by atoms with van der Waals surface area (Å²) in [7, 11) is 0. The number of amides is 1. The molecule has 2 heterocycles. The lowest BCUT2D eigenvalue weighted by atomic mass is 9.98. The first kappa shape index (κ1) is 14.6. The van der Waals surface area contributed by atoms with Crippen LogP contribution in [0.4, 0.5) is 17.5 Å². The number of carbonyl (C=O) groups is 1. The normalized spacial score (nSPS) is 14.9. The monoisotopic (exact) mass is 317 g/mol. The van der Waals surface area contributed by atoms with Crippen molar-refractivity contribution < 1.29 is 4.79 Å². The number of aromatic nitrogens is 2. The van der Waals surface area contributed by atoms with Gasteiger partial charge in [0.15, 0.2) is 0 Å². The topological polar surface area (TPSA) is 92.9 Å². The molecule has 0 radical (unpaired) electrons. The molecule has 1 aromatic heterocycles. The Morgan fingerprint density at radius 1 is 1.32 bits per heavy atom. The zero-order valence-electron chi connectivity index (χ0n) is 12.1. The van der Waals surface area contributed by atoms with Gasteiger partial charge in [-0.1, -0.05) is 23.7 Å². The molecule has 22 heavy (non-hydrogen) atoms. The number of nitrogens with zero attached hydrogens (tertiary/aromatic N) is 2. The number of nitrogens with one attached hydrogen (secondary N) is 2. The van der Waals surface area contributed by atoms with E-state index in [9.17, 15) is 4.79 Å². The van der Waals surface area contributed by atoms with Crippen LogP contribution in [-0.2, 0) is 11.2 Å². The Balaban J connectivity index is 1.80. The van der Waals surface area contributed by atoms with Crippen LogP contribution in [0.15, 0.2) is 24.3 Å². The highest BCUT2D eigenvalue weighted by Gasteiger charge is 2.16. The van der Waals surface area contributed by atoms with Gasteiger partial charge in [0, 0.05) is 24.2 Å². The molecule has 1 amide bonds. The first-order valence-corrected chi connectivity index (χ1v) is 7.38. The number of fused-ring (bicyclic) bond motifs is 1. The van der Waals surface area contributed by atoms with E-state index in [0.29, 0.717) is 17.4 Å². The first-order valence-electron chi connectivity index (χ1n) is 7.00. The minimum atomic E-state index is 0.0216. The second kappa shape index (κ2) is 5.81. The highest BCUT2D eigenvalue weighted by molar-refractivity contribution is 6.29. The number of halogens is 1. The number of benzene rings is 1. The molecule has 114 valence electrons. The summed E-state index contributed by atoms with van der Waals surface area (Å²) in [5.41, 5.74) is 8.73. The van der Waals surface area contributed by atoms with E-state index in [0.717, 1.165) is 23.2 Å². The minimum absolute atomic E-state index is 0.0216. The van der Waals surface area contributed by atoms with Crippen molar-refractivity contribution in [3.63, 3.8) is 0 Å². The van der Waals surface area contributed by atoms with E-state index in [-0.39, 0.29) is 17.9 Å². The molecule has 6 nitrogen and oxygen atoms in total. The van der Waals surface area contributed by atoms with E-state index in [1.165, 1.54) is 0 Å². The lowest BCUT2D eigenvalue weighted by Crippen LogP contribution is -2.19. The highest BCUT2D eigenvalue weighted by atomic mass is 35.5. The van der Waals surface area contributed by atoms with Gasteiger partial charge in [-0.15, -0.1) is 0 Å². The fourth-order valence-corrected chi connectivity index (χ4v) is 2.68. The SMILES string of the molecule is CC(Nc1cc(Cl)nc(N)n1)c1ccc2c(c1)CCC(=O)N2. The van der Waals surface area contributed by atoms with Crippen molar-refractivity contribution in [1.82, 2.24) is 9.97 Å². The largest absolute Gasteiger partial charge is 0.368 e. The summed E-state index contributed by atoms with van der Waals surface area (Å²) in [5, 5.41) is 6.43. The maximum atomic E-state index is 11.4. The summed E-state index contributed by atoms with van der Waals surface area (Å²) in [6.45, 7) is 2.02. The number of anilines is 3. The fraction of sp³-hybridized carbons (Fsp3) is 0.267. The van der Waals surface area contributed by atoms with Crippen LogP contribution in [0.2, 0.25) is 5.15 Å². The number of carbonyl (C=O) groups excluding carboxylic acids is 1. The van der Waals surface area contributed by atoms with Crippen LogP contribution in [0.5, 0.6) is 0 Å². The van der Waals surface area contributed by atoms with Gasteiger partial charge in [0.05, 0.1) is 0 Å². The average molecular weight is 318 g/mol. The highest BCUT2D eigenvalue weighted by Crippen LogP contribution is 2.27. The van der Waals surface area contributed by atoms with Gasteiger partial charge in [-0.05, 0) is 30.5 Å². The van der Waals surface area contributed by atoms with E-state index in [1.54, 1.807) is 6.07 Å². The molecule has 4 N–H and O–H groups in total. The van der Waals surface area contributed by atoms with Gasteiger partial charge in [-0.2, -0.15) is 4.98 Å². The molecule has 0 saturated heterocycles. The molecule has 1 aromatic carbocycles. The van der Waals surface area contributed by atoms with E-state index < -0.39 is 0 Å². The number of nitrogen functional groups attached to an aromatic ring is 1. The fourth-order valence-electron chi connectivity index (χ4n) is 2.49. The molecule has 0 fully saturated rings. The van der Waals surface area contributed by atoms with Gasteiger partial charge in [-0.3, -0.25) is 4.79 Å². The number of hydrogen-bond acceptors (Lipinski definition) is 5. The Morgan fingerprint density at radius 3 is 2.91 bits per heavy atom. The van der Waals surface area contributed by atoms with Gasteiger partial charge in [0.1, 0.15) is 11.0 Å². The van der Waals surface area contributed by atoms with Crippen LogP contribution in [0, 0.1) is 0 Å².